The topological polar surface area (TPSA) is 60.8 Å². The quantitative estimate of drug-likeness (QED) is 0.601. The number of carbonyl (C=O) groups is 1. The summed E-state index contributed by atoms with van der Waals surface area (Å²) in [7, 11) is 0. The van der Waals surface area contributed by atoms with Gasteiger partial charge in [-0.2, -0.15) is 0 Å². The van der Waals surface area contributed by atoms with E-state index in [9.17, 15) is 15.0 Å². The maximum absolute atomic E-state index is 12.0. The van der Waals surface area contributed by atoms with Crippen molar-refractivity contribution in [1.29, 1.82) is 0 Å². The predicted octanol–water partition coefficient (Wildman–Crippen LogP) is 4.40. The summed E-state index contributed by atoms with van der Waals surface area (Å²) in [5.41, 5.74) is 2.06. The van der Waals surface area contributed by atoms with Gasteiger partial charge >= 0.3 is 5.97 Å². The maximum Gasteiger partial charge on any atom is 0.311 e. The van der Waals surface area contributed by atoms with Crippen molar-refractivity contribution in [2.75, 3.05) is 6.54 Å². The highest BCUT2D eigenvalue weighted by Crippen LogP contribution is 2.28. The number of nitrogens with zero attached hydrogens (tertiary/aromatic N) is 1. The van der Waals surface area contributed by atoms with Gasteiger partial charge in [0.25, 0.3) is 0 Å². The molecule has 2 aromatic carbocycles. The summed E-state index contributed by atoms with van der Waals surface area (Å²) >= 11 is 0. The first kappa shape index (κ1) is 21.6. The van der Waals surface area contributed by atoms with E-state index in [1.54, 1.807) is 6.08 Å². The zero-order valence-electron chi connectivity index (χ0n) is 16.5. The number of aliphatic hydroxyl groups excluding tert-OH is 1. The molecule has 0 aliphatic heterocycles. The standard InChI is InChI=1S/C24H29NO3/c1-4-17-25(18(2)21-13-9-6-10-14-21)22(23(19(3)26)24(27)28)16-15-20-11-7-5-8-12-20/h4-16,18-19,22-23,26H,1,17H2,2-3H3,(H,27,28)/b16-15+. The first-order valence-electron chi connectivity index (χ1n) is 9.51. The molecule has 0 aliphatic rings. The van der Waals surface area contributed by atoms with Crippen LogP contribution in [0.25, 0.3) is 6.08 Å². The Morgan fingerprint density at radius 2 is 1.64 bits per heavy atom. The van der Waals surface area contributed by atoms with Crippen molar-refractivity contribution in [2.45, 2.75) is 32.0 Å². The molecule has 0 bridgehead atoms. The molecule has 148 valence electrons. The molecule has 2 aromatic rings. The summed E-state index contributed by atoms with van der Waals surface area (Å²) in [5.74, 6) is -1.99. The first-order chi connectivity index (χ1) is 13.5. The normalized spacial score (nSPS) is 15.9. The van der Waals surface area contributed by atoms with Crippen LogP contribution < -0.4 is 0 Å². The third-order valence-electron chi connectivity index (χ3n) is 4.96. The molecule has 2 rings (SSSR count). The van der Waals surface area contributed by atoms with E-state index in [4.69, 9.17) is 0 Å². The van der Waals surface area contributed by atoms with E-state index >= 15 is 0 Å². The van der Waals surface area contributed by atoms with Crippen LogP contribution >= 0.6 is 0 Å². The molecule has 0 aromatic heterocycles. The molecule has 2 N–H and O–H groups in total. The van der Waals surface area contributed by atoms with Crippen molar-refractivity contribution >= 4 is 12.0 Å². The fraction of sp³-hybridized carbons (Fsp3) is 0.292. The maximum atomic E-state index is 12.0. The molecule has 4 unspecified atom stereocenters. The van der Waals surface area contributed by atoms with Crippen molar-refractivity contribution < 1.29 is 15.0 Å². The fourth-order valence-corrected chi connectivity index (χ4v) is 3.46. The molecular formula is C24H29NO3. The Labute approximate surface area is 167 Å². The van der Waals surface area contributed by atoms with E-state index in [0.29, 0.717) is 6.54 Å². The molecule has 4 nitrogen and oxygen atoms in total. The van der Waals surface area contributed by atoms with Crippen LogP contribution in [0.5, 0.6) is 0 Å². The molecular weight excluding hydrogens is 350 g/mol. The van der Waals surface area contributed by atoms with Gasteiger partial charge in [0.2, 0.25) is 0 Å². The molecule has 0 heterocycles. The van der Waals surface area contributed by atoms with Crippen LogP contribution in [0.15, 0.2) is 79.4 Å². The molecule has 0 aliphatic carbocycles. The van der Waals surface area contributed by atoms with Crippen molar-refractivity contribution in [3.8, 4) is 0 Å². The van der Waals surface area contributed by atoms with Gasteiger partial charge in [-0.05, 0) is 25.0 Å². The monoisotopic (exact) mass is 379 g/mol. The Morgan fingerprint density at radius 3 is 2.14 bits per heavy atom. The van der Waals surface area contributed by atoms with E-state index in [-0.39, 0.29) is 6.04 Å². The van der Waals surface area contributed by atoms with Crippen molar-refractivity contribution in [1.82, 2.24) is 4.90 Å². The lowest BCUT2D eigenvalue weighted by molar-refractivity contribution is -0.148. The van der Waals surface area contributed by atoms with Crippen LogP contribution in [0.4, 0.5) is 0 Å². The lowest BCUT2D eigenvalue weighted by Crippen LogP contribution is -2.47. The van der Waals surface area contributed by atoms with Crippen LogP contribution in [0.1, 0.15) is 31.0 Å². The van der Waals surface area contributed by atoms with E-state index in [1.165, 1.54) is 6.92 Å². The van der Waals surface area contributed by atoms with Gasteiger partial charge in [0.15, 0.2) is 0 Å². The van der Waals surface area contributed by atoms with Crippen molar-refractivity contribution in [2.24, 2.45) is 5.92 Å². The first-order valence-corrected chi connectivity index (χ1v) is 9.51. The van der Waals surface area contributed by atoms with E-state index in [2.05, 4.69) is 11.5 Å². The summed E-state index contributed by atoms with van der Waals surface area (Å²) < 4.78 is 0. The van der Waals surface area contributed by atoms with Crippen LogP contribution in [-0.4, -0.2) is 39.8 Å². The number of benzene rings is 2. The average Bonchev–Trinajstić information content (AvgIpc) is 2.69. The minimum absolute atomic E-state index is 0.0507. The van der Waals surface area contributed by atoms with Crippen LogP contribution in [0.3, 0.4) is 0 Å². The zero-order chi connectivity index (χ0) is 20.5. The van der Waals surface area contributed by atoms with E-state index < -0.39 is 24.0 Å². The third-order valence-corrected chi connectivity index (χ3v) is 4.96. The molecule has 0 radical (unpaired) electrons. The second-order valence-electron chi connectivity index (χ2n) is 6.94. The Bertz CT molecular complexity index is 771. The number of aliphatic hydroxyl groups is 1. The van der Waals surface area contributed by atoms with Gasteiger partial charge in [-0.25, -0.2) is 0 Å². The van der Waals surface area contributed by atoms with Gasteiger partial charge in [0.05, 0.1) is 6.10 Å². The van der Waals surface area contributed by atoms with Crippen LogP contribution in [0.2, 0.25) is 0 Å². The minimum Gasteiger partial charge on any atom is -0.481 e. The van der Waals surface area contributed by atoms with Gasteiger partial charge < -0.3 is 10.2 Å². The molecule has 4 heteroatoms. The Hall–Kier alpha value is -2.69. The Kier molecular flexibility index (Phi) is 8.18. The molecule has 0 saturated carbocycles. The van der Waals surface area contributed by atoms with Gasteiger partial charge in [-0.15, -0.1) is 6.58 Å². The molecule has 4 atom stereocenters. The SMILES string of the molecule is C=CCN(C(C)c1ccccc1)C(/C=C/c1ccccc1)C(C(=O)O)C(C)O. The number of carboxylic acids is 1. The van der Waals surface area contributed by atoms with E-state index in [1.807, 2.05) is 79.7 Å². The summed E-state index contributed by atoms with van der Waals surface area (Å²) in [6, 6.07) is 19.1. The predicted molar refractivity (Wildman–Crippen MR) is 114 cm³/mol. The second-order valence-corrected chi connectivity index (χ2v) is 6.94. The second kappa shape index (κ2) is 10.6. The van der Waals surface area contributed by atoms with Crippen LogP contribution in [0, 0.1) is 5.92 Å². The number of carboxylic acid groups (broad SMARTS) is 1. The average molecular weight is 380 g/mol. The van der Waals surface area contributed by atoms with Gasteiger partial charge in [-0.3, -0.25) is 9.69 Å². The third kappa shape index (κ3) is 5.65. The molecule has 0 saturated heterocycles. The van der Waals surface area contributed by atoms with Crippen molar-refractivity contribution in [3.63, 3.8) is 0 Å². The molecule has 28 heavy (non-hydrogen) atoms. The fourth-order valence-electron chi connectivity index (χ4n) is 3.46. The zero-order valence-corrected chi connectivity index (χ0v) is 16.5. The Balaban J connectivity index is 2.47. The van der Waals surface area contributed by atoms with Crippen LogP contribution in [-0.2, 0) is 4.79 Å². The molecule has 0 amide bonds. The number of hydrogen-bond acceptors (Lipinski definition) is 3. The number of aliphatic carboxylic acids is 1. The van der Waals surface area contributed by atoms with Gasteiger partial charge in [0.1, 0.15) is 5.92 Å². The molecule has 0 spiro atoms. The summed E-state index contributed by atoms with van der Waals surface area (Å²) in [6.45, 7) is 7.92. The van der Waals surface area contributed by atoms with E-state index in [0.717, 1.165) is 11.1 Å². The minimum atomic E-state index is -1.02. The lowest BCUT2D eigenvalue weighted by atomic mass is 9.90. The summed E-state index contributed by atoms with van der Waals surface area (Å²) in [6.07, 6.45) is 4.56. The molecule has 0 fully saturated rings. The number of rotatable bonds is 10. The van der Waals surface area contributed by atoms with Gasteiger partial charge in [0, 0.05) is 18.6 Å². The van der Waals surface area contributed by atoms with Crippen molar-refractivity contribution in [3.05, 3.63) is 90.5 Å². The summed E-state index contributed by atoms with van der Waals surface area (Å²) in [5, 5.41) is 20.1. The highest BCUT2D eigenvalue weighted by atomic mass is 16.4. The highest BCUT2D eigenvalue weighted by molar-refractivity contribution is 5.72. The lowest BCUT2D eigenvalue weighted by Gasteiger charge is -2.38. The highest BCUT2D eigenvalue weighted by Gasteiger charge is 2.36. The Morgan fingerprint density at radius 1 is 1.07 bits per heavy atom. The summed E-state index contributed by atoms with van der Waals surface area (Å²) in [4.78, 5) is 14.1. The number of hydrogen-bond donors (Lipinski definition) is 2. The van der Waals surface area contributed by atoms with Gasteiger partial charge in [-0.1, -0.05) is 78.9 Å². The largest absolute Gasteiger partial charge is 0.481 e. The smallest absolute Gasteiger partial charge is 0.311 e.